The van der Waals surface area contributed by atoms with E-state index in [9.17, 15) is 9.18 Å². The van der Waals surface area contributed by atoms with Gasteiger partial charge >= 0.3 is 0 Å². The predicted molar refractivity (Wildman–Crippen MR) is 73.7 cm³/mol. The Balaban J connectivity index is 2.54. The smallest absolute Gasteiger partial charge is 0.234 e. The minimum Gasteiger partial charge on any atom is -0.353 e. The quantitative estimate of drug-likeness (QED) is 0.905. The lowest BCUT2D eigenvalue weighted by Gasteiger charge is -2.17. The summed E-state index contributed by atoms with van der Waals surface area (Å²) in [5.74, 6) is -0.314. The van der Waals surface area contributed by atoms with E-state index < -0.39 is 0 Å². The highest BCUT2D eigenvalue weighted by Crippen LogP contribution is 2.16. The van der Waals surface area contributed by atoms with Crippen LogP contribution in [0.1, 0.15) is 19.4 Å². The van der Waals surface area contributed by atoms with Crippen LogP contribution in [-0.2, 0) is 11.3 Å². The number of nitrogens with zero attached hydrogens (tertiary/aromatic N) is 1. The summed E-state index contributed by atoms with van der Waals surface area (Å²) in [7, 11) is 1.79. The fraction of sp³-hybridized carbons (Fsp3) is 0.462. The van der Waals surface area contributed by atoms with E-state index in [2.05, 4.69) is 21.2 Å². The van der Waals surface area contributed by atoms with Crippen LogP contribution in [0.2, 0.25) is 0 Å². The number of amides is 1. The second kappa shape index (κ2) is 6.85. The molecule has 1 aromatic rings. The third kappa shape index (κ3) is 5.14. The number of hydrogen-bond donors (Lipinski definition) is 1. The molecule has 18 heavy (non-hydrogen) atoms. The minimum absolute atomic E-state index is 0.0509. The van der Waals surface area contributed by atoms with E-state index in [1.807, 2.05) is 13.8 Å². The van der Waals surface area contributed by atoms with Gasteiger partial charge in [-0.3, -0.25) is 9.69 Å². The summed E-state index contributed by atoms with van der Waals surface area (Å²) in [6.45, 7) is 4.48. The Morgan fingerprint density at radius 1 is 1.50 bits per heavy atom. The van der Waals surface area contributed by atoms with Crippen molar-refractivity contribution in [3.8, 4) is 0 Å². The Morgan fingerprint density at radius 2 is 2.17 bits per heavy atom. The Morgan fingerprint density at radius 3 is 2.72 bits per heavy atom. The van der Waals surface area contributed by atoms with Crippen LogP contribution < -0.4 is 5.32 Å². The first-order chi connectivity index (χ1) is 8.38. The van der Waals surface area contributed by atoms with Crippen molar-refractivity contribution in [3.63, 3.8) is 0 Å². The molecule has 0 heterocycles. The summed E-state index contributed by atoms with van der Waals surface area (Å²) in [5.41, 5.74) is 0.582. The molecule has 0 spiro atoms. The number of carbonyl (C=O) groups is 1. The van der Waals surface area contributed by atoms with E-state index in [0.29, 0.717) is 16.6 Å². The molecule has 0 saturated heterocycles. The molecule has 3 nitrogen and oxygen atoms in total. The Bertz CT molecular complexity index is 423. The fourth-order valence-corrected chi connectivity index (χ4v) is 1.94. The van der Waals surface area contributed by atoms with Crippen LogP contribution >= 0.6 is 15.9 Å². The third-order valence-corrected chi connectivity index (χ3v) is 2.81. The summed E-state index contributed by atoms with van der Waals surface area (Å²) in [5, 5.41) is 2.80. The number of halogens is 2. The largest absolute Gasteiger partial charge is 0.353 e. The van der Waals surface area contributed by atoms with Crippen molar-refractivity contribution in [3.05, 3.63) is 34.1 Å². The van der Waals surface area contributed by atoms with Gasteiger partial charge in [0.05, 0.1) is 6.54 Å². The summed E-state index contributed by atoms with van der Waals surface area (Å²) < 4.78 is 14.3. The number of hydrogen-bond acceptors (Lipinski definition) is 2. The van der Waals surface area contributed by atoms with Crippen LogP contribution in [0, 0.1) is 5.82 Å². The third-order valence-electron chi connectivity index (χ3n) is 2.32. The molecular formula is C13H18BrFN2O. The van der Waals surface area contributed by atoms with E-state index in [-0.39, 0.29) is 24.3 Å². The van der Waals surface area contributed by atoms with Crippen molar-refractivity contribution >= 4 is 21.8 Å². The Kier molecular flexibility index (Phi) is 5.75. The Labute approximate surface area is 115 Å². The van der Waals surface area contributed by atoms with Crippen molar-refractivity contribution in [1.82, 2.24) is 10.2 Å². The van der Waals surface area contributed by atoms with Crippen molar-refractivity contribution in [2.45, 2.75) is 26.4 Å². The highest BCUT2D eigenvalue weighted by atomic mass is 79.9. The lowest BCUT2D eigenvalue weighted by Crippen LogP contribution is -2.38. The van der Waals surface area contributed by atoms with Gasteiger partial charge in [-0.25, -0.2) is 4.39 Å². The maximum Gasteiger partial charge on any atom is 0.234 e. The van der Waals surface area contributed by atoms with E-state index >= 15 is 0 Å². The normalized spacial score (nSPS) is 11.1. The van der Waals surface area contributed by atoms with Gasteiger partial charge in [0, 0.05) is 22.6 Å². The molecule has 0 unspecified atom stereocenters. The van der Waals surface area contributed by atoms with Gasteiger partial charge < -0.3 is 5.32 Å². The van der Waals surface area contributed by atoms with E-state index in [1.165, 1.54) is 6.07 Å². The molecule has 0 aliphatic heterocycles. The molecule has 0 aromatic heterocycles. The predicted octanol–water partition coefficient (Wildman–Crippen LogP) is 2.54. The first kappa shape index (κ1) is 15.1. The van der Waals surface area contributed by atoms with Crippen LogP contribution in [0.5, 0.6) is 0 Å². The maximum absolute atomic E-state index is 13.6. The zero-order valence-corrected chi connectivity index (χ0v) is 12.4. The first-order valence-electron chi connectivity index (χ1n) is 5.80. The molecular weight excluding hydrogens is 299 g/mol. The summed E-state index contributed by atoms with van der Waals surface area (Å²) in [4.78, 5) is 13.3. The fourth-order valence-electron chi connectivity index (χ4n) is 1.61. The van der Waals surface area contributed by atoms with Gasteiger partial charge in [0.1, 0.15) is 5.82 Å². The van der Waals surface area contributed by atoms with Gasteiger partial charge in [-0.1, -0.05) is 22.0 Å². The lowest BCUT2D eigenvalue weighted by atomic mass is 10.2. The summed E-state index contributed by atoms with van der Waals surface area (Å²) >= 11 is 3.21. The van der Waals surface area contributed by atoms with E-state index in [4.69, 9.17) is 0 Å². The van der Waals surface area contributed by atoms with Crippen molar-refractivity contribution in [2.75, 3.05) is 13.6 Å². The van der Waals surface area contributed by atoms with Gasteiger partial charge in [0.15, 0.2) is 0 Å². The molecule has 0 aliphatic carbocycles. The van der Waals surface area contributed by atoms with Gasteiger partial charge in [-0.05, 0) is 33.0 Å². The molecule has 1 aromatic carbocycles. The van der Waals surface area contributed by atoms with Gasteiger partial charge in [-0.2, -0.15) is 0 Å². The van der Waals surface area contributed by atoms with Crippen LogP contribution in [0.25, 0.3) is 0 Å². The Hall–Kier alpha value is -0.940. The monoisotopic (exact) mass is 316 g/mol. The van der Waals surface area contributed by atoms with E-state index in [0.717, 1.165) is 0 Å². The van der Waals surface area contributed by atoms with Gasteiger partial charge in [-0.15, -0.1) is 0 Å². The van der Waals surface area contributed by atoms with Crippen LogP contribution in [0.3, 0.4) is 0 Å². The molecule has 0 aliphatic rings. The number of likely N-dealkylation sites (N-methyl/N-ethyl adjacent to an activating group) is 1. The SMILES string of the molecule is CC(C)NC(=O)CN(C)Cc1ccc(Br)cc1F. The molecule has 100 valence electrons. The van der Waals surface area contributed by atoms with Gasteiger partial charge in [0.2, 0.25) is 5.91 Å². The lowest BCUT2D eigenvalue weighted by molar-refractivity contribution is -0.122. The zero-order chi connectivity index (χ0) is 13.7. The van der Waals surface area contributed by atoms with Crippen LogP contribution in [0.15, 0.2) is 22.7 Å². The standard InChI is InChI=1S/C13H18BrFN2O/c1-9(2)16-13(18)8-17(3)7-10-4-5-11(14)6-12(10)15/h4-6,9H,7-8H2,1-3H3,(H,16,18). The van der Waals surface area contributed by atoms with Crippen molar-refractivity contribution in [1.29, 1.82) is 0 Å². The average Bonchev–Trinajstić information content (AvgIpc) is 2.20. The van der Waals surface area contributed by atoms with Crippen LogP contribution in [-0.4, -0.2) is 30.4 Å². The van der Waals surface area contributed by atoms with E-state index in [1.54, 1.807) is 24.1 Å². The number of benzene rings is 1. The molecule has 0 radical (unpaired) electrons. The van der Waals surface area contributed by atoms with Crippen LogP contribution in [0.4, 0.5) is 4.39 Å². The number of nitrogens with one attached hydrogen (secondary N) is 1. The molecule has 1 amide bonds. The second-order valence-electron chi connectivity index (χ2n) is 4.63. The molecule has 0 saturated carbocycles. The molecule has 0 bridgehead atoms. The maximum atomic E-state index is 13.6. The van der Waals surface area contributed by atoms with Crippen molar-refractivity contribution in [2.24, 2.45) is 0 Å². The number of carbonyl (C=O) groups excluding carboxylic acids is 1. The molecule has 0 fully saturated rings. The van der Waals surface area contributed by atoms with Gasteiger partial charge in [0.25, 0.3) is 0 Å². The minimum atomic E-state index is -0.263. The highest BCUT2D eigenvalue weighted by molar-refractivity contribution is 9.10. The number of rotatable bonds is 5. The van der Waals surface area contributed by atoms with Crippen molar-refractivity contribution < 1.29 is 9.18 Å². The molecule has 5 heteroatoms. The first-order valence-corrected chi connectivity index (χ1v) is 6.59. The summed E-state index contributed by atoms with van der Waals surface area (Å²) in [6.07, 6.45) is 0. The molecule has 1 N–H and O–H groups in total. The molecule has 0 atom stereocenters. The highest BCUT2D eigenvalue weighted by Gasteiger charge is 2.10. The second-order valence-corrected chi connectivity index (χ2v) is 5.55. The molecule has 1 rings (SSSR count). The average molecular weight is 317 g/mol. The zero-order valence-electron chi connectivity index (χ0n) is 10.8. The topological polar surface area (TPSA) is 32.3 Å². The summed E-state index contributed by atoms with van der Waals surface area (Å²) in [6, 6.07) is 5.06.